The summed E-state index contributed by atoms with van der Waals surface area (Å²) >= 11 is 3.33. The Balaban J connectivity index is 2.42. The molecule has 0 aliphatic heterocycles. The second kappa shape index (κ2) is 6.29. The number of carbonyl (C=O) groups excluding carboxylic acids is 1. The van der Waals surface area contributed by atoms with Crippen molar-refractivity contribution in [2.75, 3.05) is 11.9 Å². The number of amides is 1. The van der Waals surface area contributed by atoms with Gasteiger partial charge in [0.25, 0.3) is 0 Å². The standard InChI is InChI=1S/C13H20BrN3O/c1-9-7-10(8-15-12(9)14)17-11(18)5-6-16-13(2,3)4/h7-8,16H,5-6H2,1-4H3,(H,17,18). The fraction of sp³-hybridized carbons (Fsp3) is 0.538. The van der Waals surface area contributed by atoms with Crippen LogP contribution in [0.1, 0.15) is 32.8 Å². The van der Waals surface area contributed by atoms with Crippen molar-refractivity contribution in [3.63, 3.8) is 0 Å². The van der Waals surface area contributed by atoms with Crippen LogP contribution in [0, 0.1) is 6.92 Å². The molecule has 0 saturated carbocycles. The van der Waals surface area contributed by atoms with Gasteiger partial charge in [-0.15, -0.1) is 0 Å². The number of hydrogen-bond acceptors (Lipinski definition) is 3. The second-order valence-electron chi connectivity index (χ2n) is 5.31. The molecule has 0 aliphatic carbocycles. The predicted molar refractivity (Wildman–Crippen MR) is 77.7 cm³/mol. The molecule has 4 nitrogen and oxygen atoms in total. The van der Waals surface area contributed by atoms with Crippen LogP contribution < -0.4 is 10.6 Å². The van der Waals surface area contributed by atoms with Crippen molar-refractivity contribution in [3.05, 3.63) is 22.4 Å². The van der Waals surface area contributed by atoms with E-state index in [0.717, 1.165) is 15.9 Å². The molecule has 5 heteroatoms. The van der Waals surface area contributed by atoms with Crippen LogP contribution in [-0.4, -0.2) is 23.0 Å². The summed E-state index contributed by atoms with van der Waals surface area (Å²) in [6.45, 7) is 8.83. The highest BCUT2D eigenvalue weighted by atomic mass is 79.9. The van der Waals surface area contributed by atoms with Gasteiger partial charge in [0.1, 0.15) is 4.60 Å². The van der Waals surface area contributed by atoms with Crippen LogP contribution in [0.4, 0.5) is 5.69 Å². The molecular weight excluding hydrogens is 294 g/mol. The first kappa shape index (κ1) is 15.1. The van der Waals surface area contributed by atoms with Gasteiger partial charge in [0.15, 0.2) is 0 Å². The van der Waals surface area contributed by atoms with Gasteiger partial charge in [0.2, 0.25) is 5.91 Å². The summed E-state index contributed by atoms with van der Waals surface area (Å²) in [6.07, 6.45) is 2.10. The number of nitrogens with zero attached hydrogens (tertiary/aromatic N) is 1. The first-order chi connectivity index (χ1) is 8.28. The minimum absolute atomic E-state index is 0.00438. The van der Waals surface area contributed by atoms with Crippen LogP contribution in [0.5, 0.6) is 0 Å². The maximum Gasteiger partial charge on any atom is 0.225 e. The third-order valence-corrected chi connectivity index (χ3v) is 3.14. The van der Waals surface area contributed by atoms with Crippen molar-refractivity contribution < 1.29 is 4.79 Å². The van der Waals surface area contributed by atoms with Gasteiger partial charge in [-0.05, 0) is 55.3 Å². The van der Waals surface area contributed by atoms with E-state index in [2.05, 4.69) is 52.3 Å². The van der Waals surface area contributed by atoms with Crippen molar-refractivity contribution >= 4 is 27.5 Å². The largest absolute Gasteiger partial charge is 0.325 e. The number of halogens is 1. The van der Waals surface area contributed by atoms with E-state index in [1.807, 2.05) is 13.0 Å². The first-order valence-electron chi connectivity index (χ1n) is 5.95. The van der Waals surface area contributed by atoms with E-state index in [0.29, 0.717) is 13.0 Å². The summed E-state index contributed by atoms with van der Waals surface area (Å²) in [5, 5.41) is 6.11. The smallest absolute Gasteiger partial charge is 0.225 e. The molecule has 2 N–H and O–H groups in total. The number of hydrogen-bond donors (Lipinski definition) is 2. The SMILES string of the molecule is Cc1cc(NC(=O)CCNC(C)(C)C)cnc1Br. The van der Waals surface area contributed by atoms with E-state index in [9.17, 15) is 4.79 Å². The molecule has 0 spiro atoms. The Hall–Kier alpha value is -0.940. The topological polar surface area (TPSA) is 54.0 Å². The van der Waals surface area contributed by atoms with Crippen molar-refractivity contribution in [2.24, 2.45) is 0 Å². The normalized spacial score (nSPS) is 11.4. The summed E-state index contributed by atoms with van der Waals surface area (Å²) in [6, 6.07) is 1.90. The fourth-order valence-electron chi connectivity index (χ4n) is 1.40. The molecule has 0 atom stereocenters. The molecule has 0 fully saturated rings. The molecule has 1 heterocycles. The van der Waals surface area contributed by atoms with Gasteiger partial charge < -0.3 is 10.6 Å². The van der Waals surface area contributed by atoms with E-state index in [-0.39, 0.29) is 11.4 Å². The van der Waals surface area contributed by atoms with Crippen LogP contribution in [0.3, 0.4) is 0 Å². The summed E-state index contributed by atoms with van der Waals surface area (Å²) in [7, 11) is 0. The Morgan fingerprint density at radius 3 is 2.67 bits per heavy atom. The van der Waals surface area contributed by atoms with E-state index in [1.54, 1.807) is 6.20 Å². The van der Waals surface area contributed by atoms with Crippen LogP contribution in [0.2, 0.25) is 0 Å². The zero-order valence-electron chi connectivity index (χ0n) is 11.3. The minimum atomic E-state index is -0.00438. The van der Waals surface area contributed by atoms with Crippen LogP contribution in [-0.2, 0) is 4.79 Å². The first-order valence-corrected chi connectivity index (χ1v) is 6.74. The predicted octanol–water partition coefficient (Wildman–Crippen LogP) is 2.87. The number of aromatic nitrogens is 1. The lowest BCUT2D eigenvalue weighted by Gasteiger charge is -2.20. The van der Waals surface area contributed by atoms with E-state index >= 15 is 0 Å². The summed E-state index contributed by atoms with van der Waals surface area (Å²) in [5.74, 6) is -0.00438. The highest BCUT2D eigenvalue weighted by Crippen LogP contribution is 2.16. The number of carbonyl (C=O) groups is 1. The highest BCUT2D eigenvalue weighted by molar-refractivity contribution is 9.10. The van der Waals surface area contributed by atoms with Gasteiger partial charge in [-0.2, -0.15) is 0 Å². The van der Waals surface area contributed by atoms with Gasteiger partial charge in [-0.3, -0.25) is 4.79 Å². The molecule has 0 bridgehead atoms. The number of anilines is 1. The number of rotatable bonds is 4. The number of nitrogens with one attached hydrogen (secondary N) is 2. The average Bonchev–Trinajstić information content (AvgIpc) is 2.21. The van der Waals surface area contributed by atoms with Crippen LogP contribution in [0.15, 0.2) is 16.9 Å². The number of pyridine rings is 1. The maximum atomic E-state index is 11.7. The third kappa shape index (κ3) is 5.60. The number of aryl methyl sites for hydroxylation is 1. The van der Waals surface area contributed by atoms with Crippen molar-refractivity contribution in [1.29, 1.82) is 0 Å². The van der Waals surface area contributed by atoms with Crippen molar-refractivity contribution in [3.8, 4) is 0 Å². The molecule has 1 aromatic heterocycles. The molecule has 0 radical (unpaired) electrons. The molecule has 1 aromatic rings. The lowest BCUT2D eigenvalue weighted by molar-refractivity contribution is -0.116. The molecule has 0 aliphatic rings. The fourth-order valence-corrected chi connectivity index (χ4v) is 1.62. The molecule has 100 valence electrons. The minimum Gasteiger partial charge on any atom is -0.325 e. The Morgan fingerprint density at radius 2 is 2.11 bits per heavy atom. The highest BCUT2D eigenvalue weighted by Gasteiger charge is 2.10. The van der Waals surface area contributed by atoms with E-state index < -0.39 is 0 Å². The lowest BCUT2D eigenvalue weighted by Crippen LogP contribution is -2.37. The van der Waals surface area contributed by atoms with Crippen LogP contribution in [0.25, 0.3) is 0 Å². The zero-order chi connectivity index (χ0) is 13.8. The summed E-state index contributed by atoms with van der Waals surface area (Å²) in [5.41, 5.74) is 1.77. The van der Waals surface area contributed by atoms with Gasteiger partial charge in [-0.1, -0.05) is 0 Å². The lowest BCUT2D eigenvalue weighted by atomic mass is 10.1. The molecule has 0 unspecified atom stereocenters. The third-order valence-electron chi connectivity index (χ3n) is 2.31. The molecule has 1 rings (SSSR count). The monoisotopic (exact) mass is 313 g/mol. The van der Waals surface area contributed by atoms with Crippen molar-refractivity contribution in [2.45, 2.75) is 39.7 Å². The molecule has 0 saturated heterocycles. The van der Waals surface area contributed by atoms with Gasteiger partial charge in [-0.25, -0.2) is 4.98 Å². The van der Waals surface area contributed by atoms with Gasteiger partial charge in [0, 0.05) is 18.5 Å². The zero-order valence-corrected chi connectivity index (χ0v) is 12.9. The van der Waals surface area contributed by atoms with E-state index in [1.165, 1.54) is 0 Å². The van der Waals surface area contributed by atoms with Gasteiger partial charge in [0.05, 0.1) is 11.9 Å². The Kier molecular flexibility index (Phi) is 5.28. The Bertz CT molecular complexity index is 427. The van der Waals surface area contributed by atoms with Gasteiger partial charge >= 0.3 is 0 Å². The average molecular weight is 314 g/mol. The summed E-state index contributed by atoms with van der Waals surface area (Å²) < 4.78 is 0.801. The Labute approximate surface area is 117 Å². The molecule has 1 amide bonds. The molecular formula is C13H20BrN3O. The molecule has 0 aromatic carbocycles. The van der Waals surface area contributed by atoms with E-state index in [4.69, 9.17) is 0 Å². The van der Waals surface area contributed by atoms with Crippen LogP contribution >= 0.6 is 15.9 Å². The summed E-state index contributed by atoms with van der Waals surface area (Å²) in [4.78, 5) is 15.8. The molecule has 18 heavy (non-hydrogen) atoms. The Morgan fingerprint density at radius 1 is 1.44 bits per heavy atom. The quantitative estimate of drug-likeness (QED) is 0.840. The van der Waals surface area contributed by atoms with Crippen molar-refractivity contribution in [1.82, 2.24) is 10.3 Å². The maximum absolute atomic E-state index is 11.7. The second-order valence-corrected chi connectivity index (χ2v) is 6.06.